The fourth-order valence-corrected chi connectivity index (χ4v) is 2.84. The average molecular weight is 248 g/mol. The fourth-order valence-electron chi connectivity index (χ4n) is 1.53. The Morgan fingerprint density at radius 1 is 1.31 bits per heavy atom. The molecule has 0 aromatic carbocycles. The van der Waals surface area contributed by atoms with E-state index in [1.54, 1.807) is 18.4 Å². The van der Waals surface area contributed by atoms with E-state index in [1.165, 1.54) is 17.1 Å². The number of hydrogen-bond acceptors (Lipinski definition) is 5. The second-order valence-electron chi connectivity index (χ2n) is 3.28. The average Bonchev–Trinajstić information content (AvgIpc) is 2.97. The van der Waals surface area contributed by atoms with Crippen LogP contribution in [0.3, 0.4) is 0 Å². The van der Waals surface area contributed by atoms with Crippen LogP contribution in [0.15, 0.2) is 29.1 Å². The number of thiophene rings is 1. The van der Waals surface area contributed by atoms with E-state index >= 15 is 0 Å². The largest absolute Gasteiger partial charge is 0.485 e. The summed E-state index contributed by atoms with van der Waals surface area (Å²) in [5.41, 5.74) is 4.02. The van der Waals surface area contributed by atoms with Gasteiger partial charge in [0.15, 0.2) is 0 Å². The third-order valence-corrected chi connectivity index (χ3v) is 3.82. The first kappa shape index (κ1) is 9.74. The quantitative estimate of drug-likeness (QED) is 0.697. The number of hydrogen-bond donors (Lipinski definition) is 0. The van der Waals surface area contributed by atoms with E-state index in [9.17, 15) is 0 Å². The Morgan fingerprint density at radius 3 is 3.00 bits per heavy atom. The summed E-state index contributed by atoms with van der Waals surface area (Å²) in [5, 5.41) is 4.93. The van der Waals surface area contributed by atoms with E-state index in [1.807, 2.05) is 12.3 Å². The molecule has 0 fully saturated rings. The van der Waals surface area contributed by atoms with Crippen molar-refractivity contribution in [2.75, 3.05) is 7.11 Å². The standard InChI is InChI=1S/C11H8N2OS2/c1-14-11-10-9(13-16-11)4-8(5-12-10)7-2-3-15-6-7/h2-6H,1H3. The molecule has 3 heterocycles. The molecule has 0 unspecified atom stereocenters. The van der Waals surface area contributed by atoms with Crippen molar-refractivity contribution in [2.24, 2.45) is 0 Å². The van der Waals surface area contributed by atoms with Crippen LogP contribution in [0.4, 0.5) is 0 Å². The van der Waals surface area contributed by atoms with Gasteiger partial charge < -0.3 is 4.74 Å². The molecule has 0 saturated heterocycles. The molecule has 0 aliphatic heterocycles. The summed E-state index contributed by atoms with van der Waals surface area (Å²) >= 11 is 3.02. The summed E-state index contributed by atoms with van der Waals surface area (Å²) in [6, 6.07) is 4.13. The third-order valence-electron chi connectivity index (χ3n) is 2.33. The lowest BCUT2D eigenvalue weighted by Gasteiger charge is -1.97. The molecule has 5 heteroatoms. The smallest absolute Gasteiger partial charge is 0.220 e. The lowest BCUT2D eigenvalue weighted by molar-refractivity contribution is 0.430. The normalized spacial score (nSPS) is 10.8. The molecule has 3 rings (SSSR count). The molecule has 3 nitrogen and oxygen atoms in total. The van der Waals surface area contributed by atoms with Crippen molar-refractivity contribution in [3.8, 4) is 16.2 Å². The summed E-state index contributed by atoms with van der Waals surface area (Å²) in [5.74, 6) is 0. The number of ether oxygens (including phenoxy) is 1. The van der Waals surface area contributed by atoms with Crippen molar-refractivity contribution in [1.82, 2.24) is 9.36 Å². The zero-order chi connectivity index (χ0) is 11.0. The van der Waals surface area contributed by atoms with Crippen molar-refractivity contribution in [3.05, 3.63) is 29.1 Å². The van der Waals surface area contributed by atoms with Gasteiger partial charge in [0.2, 0.25) is 5.06 Å². The molecule has 80 valence electrons. The summed E-state index contributed by atoms with van der Waals surface area (Å²) in [4.78, 5) is 4.40. The van der Waals surface area contributed by atoms with Crippen molar-refractivity contribution in [3.63, 3.8) is 0 Å². The fraction of sp³-hybridized carbons (Fsp3) is 0.0909. The lowest BCUT2D eigenvalue weighted by atomic mass is 10.1. The van der Waals surface area contributed by atoms with E-state index in [2.05, 4.69) is 26.2 Å². The SMILES string of the molecule is COc1snc2cc(-c3ccsc3)cnc12. The van der Waals surface area contributed by atoms with E-state index in [4.69, 9.17) is 4.74 Å². The lowest BCUT2D eigenvalue weighted by Crippen LogP contribution is -1.82. The van der Waals surface area contributed by atoms with Gasteiger partial charge >= 0.3 is 0 Å². The molecule has 0 spiro atoms. The highest BCUT2D eigenvalue weighted by atomic mass is 32.1. The van der Waals surface area contributed by atoms with Crippen LogP contribution in [0, 0.1) is 0 Å². The van der Waals surface area contributed by atoms with Crippen LogP contribution < -0.4 is 4.74 Å². The molecule has 3 aromatic heterocycles. The molecule has 3 aromatic rings. The maximum absolute atomic E-state index is 5.19. The van der Waals surface area contributed by atoms with Crippen LogP contribution in [0.2, 0.25) is 0 Å². The monoisotopic (exact) mass is 248 g/mol. The number of rotatable bonds is 2. The molecule has 16 heavy (non-hydrogen) atoms. The van der Waals surface area contributed by atoms with Gasteiger partial charge in [0.1, 0.15) is 11.0 Å². The van der Waals surface area contributed by atoms with Gasteiger partial charge in [-0.1, -0.05) is 0 Å². The third kappa shape index (κ3) is 1.48. The summed E-state index contributed by atoms with van der Waals surface area (Å²) in [7, 11) is 1.64. The Morgan fingerprint density at radius 2 is 2.25 bits per heavy atom. The number of methoxy groups -OCH3 is 1. The molecule has 0 radical (unpaired) electrons. The number of nitrogens with zero attached hydrogens (tertiary/aromatic N) is 2. The topological polar surface area (TPSA) is 35.0 Å². The van der Waals surface area contributed by atoms with E-state index < -0.39 is 0 Å². The predicted molar refractivity (Wildman–Crippen MR) is 67.3 cm³/mol. The maximum atomic E-state index is 5.19. The van der Waals surface area contributed by atoms with Crippen LogP contribution in [0.5, 0.6) is 5.06 Å². The Bertz CT molecular complexity index is 616. The van der Waals surface area contributed by atoms with Gasteiger partial charge in [-0.05, 0) is 28.5 Å². The van der Waals surface area contributed by atoms with Gasteiger partial charge in [-0.25, -0.2) is 4.98 Å². The van der Waals surface area contributed by atoms with Gasteiger partial charge in [0.05, 0.1) is 7.11 Å². The van der Waals surface area contributed by atoms with Crippen molar-refractivity contribution in [2.45, 2.75) is 0 Å². The second-order valence-corrected chi connectivity index (χ2v) is 4.79. The predicted octanol–water partition coefficient (Wildman–Crippen LogP) is 3.43. The first-order valence-electron chi connectivity index (χ1n) is 4.70. The molecular weight excluding hydrogens is 240 g/mol. The van der Waals surface area contributed by atoms with E-state index in [0.717, 1.165) is 21.7 Å². The van der Waals surface area contributed by atoms with Crippen LogP contribution in [0.25, 0.3) is 22.2 Å². The molecule has 0 bridgehead atoms. The second kappa shape index (κ2) is 3.84. The molecule has 0 aliphatic rings. The van der Waals surface area contributed by atoms with Crippen molar-refractivity contribution >= 4 is 33.9 Å². The Kier molecular flexibility index (Phi) is 2.34. The van der Waals surface area contributed by atoms with Gasteiger partial charge in [0.25, 0.3) is 0 Å². The Hall–Kier alpha value is -1.46. The van der Waals surface area contributed by atoms with Crippen LogP contribution >= 0.6 is 22.9 Å². The number of pyridine rings is 1. The minimum absolute atomic E-state index is 0.770. The molecule has 0 atom stereocenters. The summed E-state index contributed by atoms with van der Waals surface area (Å²) < 4.78 is 9.51. The summed E-state index contributed by atoms with van der Waals surface area (Å²) in [6.45, 7) is 0. The minimum Gasteiger partial charge on any atom is -0.485 e. The summed E-state index contributed by atoms with van der Waals surface area (Å²) in [6.07, 6.45) is 1.86. The Balaban J connectivity index is 2.17. The first-order valence-corrected chi connectivity index (χ1v) is 6.42. The zero-order valence-corrected chi connectivity index (χ0v) is 10.1. The van der Waals surface area contributed by atoms with E-state index in [0.29, 0.717) is 0 Å². The molecule has 0 amide bonds. The maximum Gasteiger partial charge on any atom is 0.220 e. The zero-order valence-electron chi connectivity index (χ0n) is 8.51. The first-order chi connectivity index (χ1) is 7.88. The molecule has 0 aliphatic carbocycles. The Labute approximate surface area is 101 Å². The van der Waals surface area contributed by atoms with Gasteiger partial charge in [-0.2, -0.15) is 15.7 Å². The van der Waals surface area contributed by atoms with Gasteiger partial charge in [0, 0.05) is 23.3 Å². The molecular formula is C11H8N2OS2. The molecule has 0 N–H and O–H groups in total. The van der Waals surface area contributed by atoms with Gasteiger partial charge in [-0.15, -0.1) is 0 Å². The highest BCUT2D eigenvalue weighted by Crippen LogP contribution is 2.31. The highest BCUT2D eigenvalue weighted by Gasteiger charge is 2.09. The number of aromatic nitrogens is 2. The van der Waals surface area contributed by atoms with Crippen LogP contribution in [-0.2, 0) is 0 Å². The van der Waals surface area contributed by atoms with Crippen LogP contribution in [-0.4, -0.2) is 16.5 Å². The number of fused-ring (bicyclic) bond motifs is 1. The van der Waals surface area contributed by atoms with Crippen molar-refractivity contribution < 1.29 is 4.74 Å². The van der Waals surface area contributed by atoms with Gasteiger partial charge in [-0.3, -0.25) is 0 Å². The van der Waals surface area contributed by atoms with Crippen molar-refractivity contribution in [1.29, 1.82) is 0 Å². The minimum atomic E-state index is 0.770. The van der Waals surface area contributed by atoms with E-state index in [-0.39, 0.29) is 0 Å². The highest BCUT2D eigenvalue weighted by molar-refractivity contribution is 7.09. The molecule has 0 saturated carbocycles. The van der Waals surface area contributed by atoms with Crippen LogP contribution in [0.1, 0.15) is 0 Å².